The van der Waals surface area contributed by atoms with Crippen LogP contribution in [0, 0.1) is 0 Å². The second kappa shape index (κ2) is 12.7. The van der Waals surface area contributed by atoms with Gasteiger partial charge in [-0.05, 0) is 67.1 Å². The Morgan fingerprint density at radius 3 is 2.47 bits per heavy atom. The summed E-state index contributed by atoms with van der Waals surface area (Å²) >= 11 is 0. The van der Waals surface area contributed by atoms with E-state index in [4.69, 9.17) is 25.2 Å². The molecule has 0 heterocycles. The van der Waals surface area contributed by atoms with Crippen LogP contribution in [-0.2, 0) is 22.6 Å². The van der Waals surface area contributed by atoms with E-state index in [1.165, 1.54) is 12.1 Å². The van der Waals surface area contributed by atoms with E-state index in [2.05, 4.69) is 10.5 Å². The Morgan fingerprint density at radius 1 is 1.00 bits per heavy atom. The van der Waals surface area contributed by atoms with Crippen LogP contribution >= 0.6 is 0 Å². The van der Waals surface area contributed by atoms with Gasteiger partial charge in [0.25, 0.3) is 0 Å². The Balaban J connectivity index is 1.61. The first-order valence-corrected chi connectivity index (χ1v) is 11.1. The molecular formula is C26H27N3O7. The average Bonchev–Trinajstić information content (AvgIpc) is 2.88. The van der Waals surface area contributed by atoms with Crippen molar-refractivity contribution < 1.29 is 34.1 Å². The topological polar surface area (TPSA) is 153 Å². The molecular weight excluding hydrogens is 466 g/mol. The molecule has 0 radical (unpaired) electrons. The number of carboxylic acid groups (broad SMARTS) is 1. The van der Waals surface area contributed by atoms with E-state index < -0.39 is 11.9 Å². The fraction of sp³-hybridized carbons (Fsp3) is 0.192. The predicted octanol–water partition coefficient (Wildman–Crippen LogP) is 3.61. The van der Waals surface area contributed by atoms with E-state index in [0.717, 1.165) is 0 Å². The number of aromatic carboxylic acids is 1. The van der Waals surface area contributed by atoms with Gasteiger partial charge in [0, 0.05) is 16.8 Å². The van der Waals surface area contributed by atoms with E-state index in [0.29, 0.717) is 40.5 Å². The number of nitrogens with zero attached hydrogens (tertiary/aromatic N) is 1. The minimum atomic E-state index is -1.02. The minimum Gasteiger partial charge on any atom is -0.494 e. The molecule has 0 fully saturated rings. The van der Waals surface area contributed by atoms with Crippen LogP contribution in [0.3, 0.4) is 0 Å². The van der Waals surface area contributed by atoms with Gasteiger partial charge >= 0.3 is 11.9 Å². The van der Waals surface area contributed by atoms with Crippen molar-refractivity contribution in [2.75, 3.05) is 18.7 Å². The number of esters is 1. The Labute approximate surface area is 207 Å². The molecule has 0 spiro atoms. The van der Waals surface area contributed by atoms with Gasteiger partial charge < -0.3 is 35.6 Å². The van der Waals surface area contributed by atoms with E-state index >= 15 is 0 Å². The molecule has 10 nitrogen and oxygen atoms in total. The second-order valence-corrected chi connectivity index (χ2v) is 7.57. The number of amidine groups is 1. The molecule has 3 aromatic rings. The third kappa shape index (κ3) is 7.39. The standard InChI is InChI=1S/C26H27N3O7/c1-2-34-22-10-11-23(35-15-17-4-3-5-19(12-17)26(31)32)20(13-22)14-24(30)36-16-28-21-8-6-18(7-9-21)25(27)29-33/h3-13,28,33H,2,14-16H2,1H3,(H2,27,29)(H,31,32). The lowest BCUT2D eigenvalue weighted by Gasteiger charge is -2.14. The van der Waals surface area contributed by atoms with Crippen molar-refractivity contribution in [3.05, 3.63) is 89.0 Å². The summed E-state index contributed by atoms with van der Waals surface area (Å²) in [7, 11) is 0. The highest BCUT2D eigenvalue weighted by molar-refractivity contribution is 5.97. The summed E-state index contributed by atoms with van der Waals surface area (Å²) < 4.78 is 16.7. The van der Waals surface area contributed by atoms with Gasteiger partial charge in [-0.3, -0.25) is 4.79 Å². The molecule has 0 unspecified atom stereocenters. The van der Waals surface area contributed by atoms with Gasteiger partial charge in [0.2, 0.25) is 0 Å². The fourth-order valence-electron chi connectivity index (χ4n) is 3.27. The monoisotopic (exact) mass is 493 g/mol. The first-order valence-electron chi connectivity index (χ1n) is 11.1. The molecule has 10 heteroatoms. The van der Waals surface area contributed by atoms with Gasteiger partial charge in [-0.2, -0.15) is 0 Å². The Morgan fingerprint density at radius 2 is 1.78 bits per heavy atom. The van der Waals surface area contributed by atoms with Crippen molar-refractivity contribution in [3.63, 3.8) is 0 Å². The van der Waals surface area contributed by atoms with Crippen LogP contribution in [0.1, 0.15) is 34.0 Å². The first kappa shape index (κ1) is 25.9. The molecule has 0 atom stereocenters. The number of carboxylic acids is 1. The zero-order chi connectivity index (χ0) is 25.9. The fourth-order valence-corrected chi connectivity index (χ4v) is 3.27. The van der Waals surface area contributed by atoms with E-state index in [-0.39, 0.29) is 31.2 Å². The first-order chi connectivity index (χ1) is 17.4. The lowest BCUT2D eigenvalue weighted by molar-refractivity contribution is -0.142. The molecule has 0 amide bonds. The van der Waals surface area contributed by atoms with Gasteiger partial charge in [0.15, 0.2) is 12.6 Å². The number of rotatable bonds is 12. The molecule has 0 aliphatic carbocycles. The van der Waals surface area contributed by atoms with Gasteiger partial charge in [-0.25, -0.2) is 4.79 Å². The van der Waals surface area contributed by atoms with Crippen molar-refractivity contribution in [2.24, 2.45) is 10.9 Å². The second-order valence-electron chi connectivity index (χ2n) is 7.57. The molecule has 0 bridgehead atoms. The van der Waals surface area contributed by atoms with Gasteiger partial charge in [-0.1, -0.05) is 17.3 Å². The van der Waals surface area contributed by atoms with Crippen LogP contribution in [0.5, 0.6) is 11.5 Å². The summed E-state index contributed by atoms with van der Waals surface area (Å²) in [6.45, 7) is 2.38. The number of anilines is 1. The number of nitrogens with one attached hydrogen (secondary N) is 1. The zero-order valence-corrected chi connectivity index (χ0v) is 19.6. The minimum absolute atomic E-state index is 0.00475. The maximum Gasteiger partial charge on any atom is 0.335 e. The highest BCUT2D eigenvalue weighted by Gasteiger charge is 2.13. The zero-order valence-electron chi connectivity index (χ0n) is 19.6. The van der Waals surface area contributed by atoms with Gasteiger partial charge in [0.1, 0.15) is 18.1 Å². The van der Waals surface area contributed by atoms with E-state index in [1.807, 2.05) is 6.92 Å². The Bertz CT molecular complexity index is 1230. The maximum atomic E-state index is 12.5. The quantitative estimate of drug-likeness (QED) is 0.0740. The van der Waals surface area contributed by atoms with Crippen LogP contribution in [0.25, 0.3) is 0 Å². The molecule has 36 heavy (non-hydrogen) atoms. The molecule has 188 valence electrons. The third-order valence-corrected chi connectivity index (χ3v) is 5.04. The number of nitrogens with two attached hydrogens (primary N) is 1. The molecule has 0 aliphatic rings. The van der Waals surface area contributed by atoms with Crippen LogP contribution in [-0.4, -0.2) is 41.4 Å². The normalized spacial score (nSPS) is 11.0. The molecule has 0 aromatic heterocycles. The third-order valence-electron chi connectivity index (χ3n) is 5.04. The van der Waals surface area contributed by atoms with Crippen molar-refractivity contribution in [1.29, 1.82) is 0 Å². The summed E-state index contributed by atoms with van der Waals surface area (Å²) in [6.07, 6.45) is -0.0600. The SMILES string of the molecule is CCOc1ccc(OCc2cccc(C(=O)O)c2)c(CC(=O)OCNc2ccc(/C(N)=N\O)cc2)c1. The van der Waals surface area contributed by atoms with Crippen LogP contribution in [0.2, 0.25) is 0 Å². The van der Waals surface area contributed by atoms with Crippen molar-refractivity contribution >= 4 is 23.5 Å². The van der Waals surface area contributed by atoms with Crippen LogP contribution < -0.4 is 20.5 Å². The smallest absolute Gasteiger partial charge is 0.335 e. The summed E-state index contributed by atoms with van der Waals surface area (Å²) in [4.78, 5) is 23.7. The molecule has 3 aromatic carbocycles. The number of oxime groups is 1. The van der Waals surface area contributed by atoms with Gasteiger partial charge in [0.05, 0.1) is 18.6 Å². The Kier molecular flexibility index (Phi) is 9.10. The summed E-state index contributed by atoms with van der Waals surface area (Å²) in [5.74, 6) is -0.460. The van der Waals surface area contributed by atoms with Crippen LogP contribution in [0.15, 0.2) is 71.9 Å². The van der Waals surface area contributed by atoms with Gasteiger partial charge in [-0.15, -0.1) is 0 Å². The van der Waals surface area contributed by atoms with E-state index in [9.17, 15) is 14.7 Å². The predicted molar refractivity (Wildman–Crippen MR) is 133 cm³/mol. The molecule has 3 rings (SSSR count). The lowest BCUT2D eigenvalue weighted by atomic mass is 10.1. The number of hydrogen-bond acceptors (Lipinski definition) is 8. The van der Waals surface area contributed by atoms with Crippen LogP contribution in [0.4, 0.5) is 5.69 Å². The van der Waals surface area contributed by atoms with Crippen molar-refractivity contribution in [3.8, 4) is 11.5 Å². The lowest BCUT2D eigenvalue weighted by Crippen LogP contribution is -2.15. The number of ether oxygens (including phenoxy) is 3. The number of carbonyl (C=O) groups excluding carboxylic acids is 1. The van der Waals surface area contributed by atoms with Crippen molar-refractivity contribution in [1.82, 2.24) is 0 Å². The molecule has 0 saturated carbocycles. The largest absolute Gasteiger partial charge is 0.494 e. The molecule has 0 aliphatic heterocycles. The number of benzene rings is 3. The Hall–Kier alpha value is -4.73. The van der Waals surface area contributed by atoms with E-state index in [1.54, 1.807) is 54.6 Å². The average molecular weight is 494 g/mol. The summed E-state index contributed by atoms with van der Waals surface area (Å²) in [5, 5.41) is 23.8. The molecule has 0 saturated heterocycles. The van der Waals surface area contributed by atoms with Crippen molar-refractivity contribution in [2.45, 2.75) is 20.0 Å². The number of hydrogen-bond donors (Lipinski definition) is 4. The summed E-state index contributed by atoms with van der Waals surface area (Å²) in [5.41, 5.74) is 8.19. The number of carbonyl (C=O) groups is 2. The highest BCUT2D eigenvalue weighted by Crippen LogP contribution is 2.26. The highest BCUT2D eigenvalue weighted by atomic mass is 16.5. The molecule has 5 N–H and O–H groups in total. The summed E-state index contributed by atoms with van der Waals surface area (Å²) in [6, 6.07) is 18.3. The maximum absolute atomic E-state index is 12.5.